The number of hydrogen-bond donors (Lipinski definition) is 1. The molecule has 0 aliphatic heterocycles. The number of pyridine rings is 1. The van der Waals surface area contributed by atoms with E-state index in [2.05, 4.69) is 25.1 Å². The van der Waals surface area contributed by atoms with Crippen LogP contribution in [0.4, 0.5) is 0 Å². The zero-order valence-electron chi connectivity index (χ0n) is 16.3. The molecule has 2 aliphatic rings. The maximum absolute atomic E-state index is 12.5. The first kappa shape index (κ1) is 19.4. The second-order valence-corrected chi connectivity index (χ2v) is 8.84. The lowest BCUT2D eigenvalue weighted by Crippen LogP contribution is -2.37. The van der Waals surface area contributed by atoms with Crippen LogP contribution in [0.3, 0.4) is 0 Å². The Morgan fingerprint density at radius 3 is 2.39 bits per heavy atom. The highest BCUT2D eigenvalue weighted by Gasteiger charge is 2.24. The standard InChI is InChI=1S/C21H29N5OS/c27-19(23-17-7-3-1-4-8-17)15-28-21-25-24-20(16-11-13-22-14-12-16)26(21)18-9-5-2-6-10-18/h11-14,17-18H,1-10,15H2,(H,23,27). The maximum Gasteiger partial charge on any atom is 0.230 e. The summed E-state index contributed by atoms with van der Waals surface area (Å²) in [4.78, 5) is 16.6. The van der Waals surface area contributed by atoms with Gasteiger partial charge in [0.15, 0.2) is 11.0 Å². The average Bonchev–Trinajstić information content (AvgIpc) is 3.18. The first-order valence-corrected chi connectivity index (χ1v) is 11.6. The molecular weight excluding hydrogens is 370 g/mol. The normalized spacial score (nSPS) is 18.9. The van der Waals surface area contributed by atoms with Crippen LogP contribution in [0.1, 0.15) is 70.3 Å². The largest absolute Gasteiger partial charge is 0.353 e. The highest BCUT2D eigenvalue weighted by Crippen LogP contribution is 2.35. The van der Waals surface area contributed by atoms with Gasteiger partial charge in [-0.15, -0.1) is 10.2 Å². The Morgan fingerprint density at radius 2 is 1.68 bits per heavy atom. The lowest BCUT2D eigenvalue weighted by Gasteiger charge is -2.26. The molecule has 2 aromatic rings. The van der Waals surface area contributed by atoms with Crippen LogP contribution in [0.15, 0.2) is 29.7 Å². The van der Waals surface area contributed by atoms with E-state index in [4.69, 9.17) is 0 Å². The number of nitrogens with zero attached hydrogens (tertiary/aromatic N) is 4. The Balaban J connectivity index is 1.48. The monoisotopic (exact) mass is 399 g/mol. The van der Waals surface area contributed by atoms with Crippen molar-refractivity contribution < 1.29 is 4.79 Å². The number of aromatic nitrogens is 4. The van der Waals surface area contributed by atoms with Gasteiger partial charge in [-0.2, -0.15) is 0 Å². The van der Waals surface area contributed by atoms with Crippen LogP contribution in [0.25, 0.3) is 11.4 Å². The molecule has 0 spiro atoms. The van der Waals surface area contributed by atoms with Crippen molar-refractivity contribution >= 4 is 17.7 Å². The minimum atomic E-state index is 0.112. The molecule has 1 amide bonds. The summed E-state index contributed by atoms with van der Waals surface area (Å²) in [5.41, 5.74) is 1.03. The smallest absolute Gasteiger partial charge is 0.230 e. The quantitative estimate of drug-likeness (QED) is 0.730. The molecule has 28 heavy (non-hydrogen) atoms. The van der Waals surface area contributed by atoms with E-state index in [1.165, 1.54) is 50.3 Å². The van der Waals surface area contributed by atoms with E-state index in [1.54, 1.807) is 12.4 Å². The number of carbonyl (C=O) groups is 1. The van der Waals surface area contributed by atoms with Crippen molar-refractivity contribution in [2.24, 2.45) is 0 Å². The summed E-state index contributed by atoms with van der Waals surface area (Å²) in [6.45, 7) is 0. The lowest BCUT2D eigenvalue weighted by atomic mass is 9.95. The molecule has 2 heterocycles. The van der Waals surface area contributed by atoms with E-state index in [0.717, 1.165) is 42.2 Å². The van der Waals surface area contributed by atoms with Crippen molar-refractivity contribution in [2.45, 2.75) is 81.4 Å². The van der Waals surface area contributed by atoms with Crippen molar-refractivity contribution in [2.75, 3.05) is 5.75 Å². The average molecular weight is 400 g/mol. The van der Waals surface area contributed by atoms with E-state index < -0.39 is 0 Å². The molecule has 0 aromatic carbocycles. The van der Waals surface area contributed by atoms with E-state index in [0.29, 0.717) is 17.8 Å². The lowest BCUT2D eigenvalue weighted by molar-refractivity contribution is -0.119. The molecule has 0 saturated heterocycles. The second-order valence-electron chi connectivity index (χ2n) is 7.90. The Labute approximate surface area is 170 Å². The van der Waals surface area contributed by atoms with Gasteiger partial charge in [0.2, 0.25) is 5.91 Å². The van der Waals surface area contributed by atoms with Gasteiger partial charge in [-0.3, -0.25) is 14.3 Å². The van der Waals surface area contributed by atoms with Gasteiger partial charge < -0.3 is 5.32 Å². The van der Waals surface area contributed by atoms with Crippen molar-refractivity contribution in [1.29, 1.82) is 0 Å². The first-order chi connectivity index (χ1) is 13.8. The van der Waals surface area contributed by atoms with Crippen molar-refractivity contribution in [3.05, 3.63) is 24.5 Å². The molecule has 0 radical (unpaired) electrons. The molecule has 2 saturated carbocycles. The Bertz CT molecular complexity index is 766. The van der Waals surface area contributed by atoms with Crippen LogP contribution in [-0.2, 0) is 4.79 Å². The number of carbonyl (C=O) groups excluding carboxylic acids is 1. The fraction of sp³-hybridized carbons (Fsp3) is 0.619. The molecule has 6 nitrogen and oxygen atoms in total. The van der Waals surface area contributed by atoms with Crippen molar-refractivity contribution in [1.82, 2.24) is 25.1 Å². The second kappa shape index (κ2) is 9.54. The van der Waals surface area contributed by atoms with Gasteiger partial charge in [-0.05, 0) is 37.8 Å². The highest BCUT2D eigenvalue weighted by molar-refractivity contribution is 7.99. The van der Waals surface area contributed by atoms with Gasteiger partial charge in [0.05, 0.1) is 5.75 Å². The minimum Gasteiger partial charge on any atom is -0.353 e. The molecular formula is C21H29N5OS. The summed E-state index contributed by atoms with van der Waals surface area (Å²) >= 11 is 1.51. The van der Waals surface area contributed by atoms with E-state index in [-0.39, 0.29) is 5.91 Å². The van der Waals surface area contributed by atoms with Gasteiger partial charge in [0.1, 0.15) is 0 Å². The number of nitrogens with one attached hydrogen (secondary N) is 1. The van der Waals surface area contributed by atoms with Crippen LogP contribution in [0, 0.1) is 0 Å². The molecule has 150 valence electrons. The summed E-state index contributed by atoms with van der Waals surface area (Å²) in [5, 5.41) is 13.0. The zero-order valence-corrected chi connectivity index (χ0v) is 17.2. The number of hydrogen-bond acceptors (Lipinski definition) is 5. The predicted molar refractivity (Wildman–Crippen MR) is 111 cm³/mol. The fourth-order valence-corrected chi connectivity index (χ4v) is 5.20. The van der Waals surface area contributed by atoms with Gasteiger partial charge in [0, 0.05) is 30.0 Å². The first-order valence-electron chi connectivity index (χ1n) is 10.6. The number of rotatable bonds is 6. The van der Waals surface area contributed by atoms with Crippen molar-refractivity contribution in [3.8, 4) is 11.4 Å². The topological polar surface area (TPSA) is 72.7 Å². The van der Waals surface area contributed by atoms with Gasteiger partial charge >= 0.3 is 0 Å². The van der Waals surface area contributed by atoms with Crippen LogP contribution in [0.2, 0.25) is 0 Å². The van der Waals surface area contributed by atoms with Gasteiger partial charge in [-0.25, -0.2) is 0 Å². The van der Waals surface area contributed by atoms with Crippen LogP contribution in [0.5, 0.6) is 0 Å². The summed E-state index contributed by atoms with van der Waals surface area (Å²) in [6, 6.07) is 4.72. The fourth-order valence-electron chi connectivity index (χ4n) is 4.39. The number of thioether (sulfide) groups is 1. The molecule has 0 bridgehead atoms. The zero-order chi connectivity index (χ0) is 19.2. The van der Waals surface area contributed by atoms with Crippen molar-refractivity contribution in [3.63, 3.8) is 0 Å². The summed E-state index contributed by atoms with van der Waals surface area (Å²) in [7, 11) is 0. The van der Waals surface area contributed by atoms with Crippen LogP contribution >= 0.6 is 11.8 Å². The Morgan fingerprint density at radius 1 is 1.00 bits per heavy atom. The van der Waals surface area contributed by atoms with E-state index >= 15 is 0 Å². The van der Waals surface area contributed by atoms with Gasteiger partial charge in [-0.1, -0.05) is 50.3 Å². The molecule has 2 aliphatic carbocycles. The SMILES string of the molecule is O=C(CSc1nnc(-c2ccncc2)n1C1CCCCC1)NC1CCCCC1. The number of amides is 1. The highest BCUT2D eigenvalue weighted by atomic mass is 32.2. The molecule has 4 rings (SSSR count). The summed E-state index contributed by atoms with van der Waals surface area (Å²) in [6.07, 6.45) is 15.6. The van der Waals surface area contributed by atoms with Gasteiger partial charge in [0.25, 0.3) is 0 Å². The molecule has 2 aromatic heterocycles. The molecule has 1 N–H and O–H groups in total. The summed E-state index contributed by atoms with van der Waals surface area (Å²) in [5.74, 6) is 1.41. The Kier molecular flexibility index (Phi) is 6.62. The molecule has 7 heteroatoms. The van der Waals surface area contributed by atoms with Crippen LogP contribution < -0.4 is 5.32 Å². The van der Waals surface area contributed by atoms with Crippen LogP contribution in [-0.4, -0.2) is 37.5 Å². The molecule has 0 unspecified atom stereocenters. The molecule has 2 fully saturated rings. The summed E-state index contributed by atoms with van der Waals surface area (Å²) < 4.78 is 2.27. The van der Waals surface area contributed by atoms with E-state index in [1.807, 2.05) is 12.1 Å². The third-order valence-electron chi connectivity index (χ3n) is 5.85. The third kappa shape index (κ3) is 4.74. The molecule has 0 atom stereocenters. The third-order valence-corrected chi connectivity index (χ3v) is 6.79. The predicted octanol–water partition coefficient (Wildman–Crippen LogP) is 4.39. The Hall–Kier alpha value is -1.89. The van der Waals surface area contributed by atoms with E-state index in [9.17, 15) is 4.79 Å². The minimum absolute atomic E-state index is 0.112. The maximum atomic E-state index is 12.5.